The Hall–Kier alpha value is -1.85. The average Bonchev–Trinajstić information content (AvgIpc) is 1.84. The van der Waals surface area contributed by atoms with E-state index in [2.05, 4.69) is 0 Å². The van der Waals surface area contributed by atoms with Gasteiger partial charge < -0.3 is 15.3 Å². The quantitative estimate of drug-likeness (QED) is 0.302. The Morgan fingerprint density at radius 3 is 1.67 bits per heavy atom. The predicted molar refractivity (Wildman–Crippen MR) is 35.6 cm³/mol. The molecule has 0 saturated carbocycles. The molecule has 0 aliphatic carbocycles. The molecule has 66 valence electrons. The largest absolute Gasteiger partial charge is 0.481 e. The first-order chi connectivity index (χ1) is 5.45. The second kappa shape index (κ2) is 4.12. The van der Waals surface area contributed by atoms with Gasteiger partial charge in [-0.3, -0.25) is 4.79 Å². The number of hydrogen-bond acceptors (Lipinski definition) is 3. The van der Waals surface area contributed by atoms with Crippen molar-refractivity contribution in [3.63, 3.8) is 0 Å². The average molecular weight is 174 g/mol. The molecule has 0 aromatic heterocycles. The van der Waals surface area contributed by atoms with Crippen LogP contribution in [0.15, 0.2) is 11.6 Å². The zero-order chi connectivity index (χ0) is 9.72. The second-order valence-corrected chi connectivity index (χ2v) is 1.83. The molecule has 0 aromatic carbocycles. The van der Waals surface area contributed by atoms with Crippen molar-refractivity contribution >= 4 is 17.9 Å². The highest BCUT2D eigenvalue weighted by Crippen LogP contribution is 1.97. The van der Waals surface area contributed by atoms with E-state index >= 15 is 0 Å². The lowest BCUT2D eigenvalue weighted by Crippen LogP contribution is -2.11. The molecule has 0 saturated heterocycles. The molecule has 0 spiro atoms. The third-order valence-corrected chi connectivity index (χ3v) is 0.942. The van der Waals surface area contributed by atoms with Crippen molar-refractivity contribution in [2.24, 2.45) is 0 Å². The molecule has 0 aromatic rings. The van der Waals surface area contributed by atoms with Crippen LogP contribution in [0, 0.1) is 0 Å². The summed E-state index contributed by atoms with van der Waals surface area (Å²) in [4.78, 5) is 30.1. The normalized spacial score (nSPS) is 8.67. The molecule has 0 amide bonds. The first kappa shape index (κ1) is 10.2. The number of hydrogen-bond donors (Lipinski definition) is 3. The van der Waals surface area contributed by atoms with Gasteiger partial charge in [-0.25, -0.2) is 9.59 Å². The van der Waals surface area contributed by atoms with E-state index in [0.29, 0.717) is 6.08 Å². The molecule has 0 aliphatic rings. The molecular formula is C6H6O6. The molecule has 0 unspecified atom stereocenters. The lowest BCUT2D eigenvalue weighted by atomic mass is 10.2. The van der Waals surface area contributed by atoms with Crippen molar-refractivity contribution in [3.8, 4) is 0 Å². The van der Waals surface area contributed by atoms with Crippen LogP contribution in [0.2, 0.25) is 0 Å². The summed E-state index contributed by atoms with van der Waals surface area (Å²) in [5, 5.41) is 24.5. The molecule has 0 heterocycles. The van der Waals surface area contributed by atoms with Crippen molar-refractivity contribution in [3.05, 3.63) is 11.6 Å². The first-order valence-corrected chi connectivity index (χ1v) is 2.83. The minimum atomic E-state index is -1.65. The van der Waals surface area contributed by atoms with E-state index in [1.54, 1.807) is 0 Å². The van der Waals surface area contributed by atoms with Gasteiger partial charge >= 0.3 is 17.9 Å². The van der Waals surface area contributed by atoms with Crippen molar-refractivity contribution < 1.29 is 29.7 Å². The van der Waals surface area contributed by atoms with Gasteiger partial charge in [0.1, 0.15) is 5.57 Å². The Morgan fingerprint density at radius 2 is 1.42 bits per heavy atom. The molecule has 0 radical (unpaired) electrons. The van der Waals surface area contributed by atoms with Crippen molar-refractivity contribution in [2.45, 2.75) is 6.42 Å². The SMILES string of the molecule is O=C(O)CC=C(C(=O)O)C(=O)O. The Labute approximate surface area is 66.7 Å². The van der Waals surface area contributed by atoms with E-state index in [-0.39, 0.29) is 0 Å². The number of carboxylic acids is 3. The highest BCUT2D eigenvalue weighted by molar-refractivity contribution is 6.12. The second-order valence-electron chi connectivity index (χ2n) is 1.83. The minimum absolute atomic E-state index is 0.617. The van der Waals surface area contributed by atoms with Crippen LogP contribution in [0.25, 0.3) is 0 Å². The van der Waals surface area contributed by atoms with Gasteiger partial charge in [0.2, 0.25) is 0 Å². The molecule has 0 atom stereocenters. The monoisotopic (exact) mass is 174 g/mol. The van der Waals surface area contributed by atoms with Crippen molar-refractivity contribution in [1.82, 2.24) is 0 Å². The molecule has 0 aliphatic heterocycles. The standard InChI is InChI=1S/C6H6O6/c7-4(8)2-1-3(5(9)10)6(11)12/h1H,2H2,(H,7,8)(H,9,10)(H,11,12). The van der Waals surface area contributed by atoms with Gasteiger partial charge in [-0.15, -0.1) is 0 Å². The van der Waals surface area contributed by atoms with E-state index in [9.17, 15) is 14.4 Å². The predicted octanol–water partition coefficient (Wildman–Crippen LogP) is -0.443. The van der Waals surface area contributed by atoms with Crippen LogP contribution in [-0.4, -0.2) is 33.2 Å². The van der Waals surface area contributed by atoms with Crippen LogP contribution in [-0.2, 0) is 14.4 Å². The van der Waals surface area contributed by atoms with Crippen molar-refractivity contribution in [1.29, 1.82) is 0 Å². The zero-order valence-corrected chi connectivity index (χ0v) is 5.85. The summed E-state index contributed by atoms with van der Waals surface area (Å²) in [6, 6.07) is 0. The summed E-state index contributed by atoms with van der Waals surface area (Å²) in [6.07, 6.45) is 0.0148. The van der Waals surface area contributed by atoms with Gasteiger partial charge in [0.05, 0.1) is 6.42 Å². The molecule has 6 heteroatoms. The molecular weight excluding hydrogens is 168 g/mol. The van der Waals surface area contributed by atoms with E-state index < -0.39 is 29.9 Å². The maximum atomic E-state index is 10.1. The fourth-order valence-electron chi connectivity index (χ4n) is 0.455. The topological polar surface area (TPSA) is 112 Å². The lowest BCUT2D eigenvalue weighted by Gasteiger charge is -1.92. The first-order valence-electron chi connectivity index (χ1n) is 2.83. The molecule has 0 fully saturated rings. The summed E-state index contributed by atoms with van der Waals surface area (Å²) in [5.41, 5.74) is -0.933. The summed E-state index contributed by atoms with van der Waals surface area (Å²) < 4.78 is 0. The molecule has 12 heavy (non-hydrogen) atoms. The van der Waals surface area contributed by atoms with Crippen molar-refractivity contribution in [2.75, 3.05) is 0 Å². The van der Waals surface area contributed by atoms with Crippen LogP contribution in [0.3, 0.4) is 0 Å². The molecule has 0 rings (SSSR count). The Balaban J connectivity index is 4.51. The van der Waals surface area contributed by atoms with Gasteiger partial charge in [-0.05, 0) is 0 Å². The summed E-state index contributed by atoms with van der Waals surface area (Å²) >= 11 is 0. The summed E-state index contributed by atoms with van der Waals surface area (Å²) in [6.45, 7) is 0. The van der Waals surface area contributed by atoms with Crippen LogP contribution < -0.4 is 0 Å². The number of aliphatic carboxylic acids is 3. The smallest absolute Gasteiger partial charge is 0.342 e. The van der Waals surface area contributed by atoms with Gasteiger partial charge in [-0.1, -0.05) is 6.08 Å². The minimum Gasteiger partial charge on any atom is -0.481 e. The van der Waals surface area contributed by atoms with Crippen LogP contribution >= 0.6 is 0 Å². The Bertz CT molecular complexity index is 235. The van der Waals surface area contributed by atoms with Crippen LogP contribution in [0.4, 0.5) is 0 Å². The van der Waals surface area contributed by atoms with E-state index in [1.165, 1.54) is 0 Å². The van der Waals surface area contributed by atoms with Crippen LogP contribution in [0.5, 0.6) is 0 Å². The van der Waals surface area contributed by atoms with E-state index in [1.807, 2.05) is 0 Å². The molecule has 3 N–H and O–H groups in total. The summed E-state index contributed by atoms with van der Waals surface area (Å²) in [7, 11) is 0. The third-order valence-electron chi connectivity index (χ3n) is 0.942. The van der Waals surface area contributed by atoms with Crippen LogP contribution in [0.1, 0.15) is 6.42 Å². The highest BCUT2D eigenvalue weighted by Gasteiger charge is 2.15. The number of carboxylic acid groups (broad SMARTS) is 3. The van der Waals surface area contributed by atoms with E-state index in [4.69, 9.17) is 15.3 Å². The Morgan fingerprint density at radius 1 is 1.00 bits per heavy atom. The van der Waals surface area contributed by atoms with Gasteiger partial charge in [0, 0.05) is 0 Å². The molecule has 0 bridgehead atoms. The van der Waals surface area contributed by atoms with Gasteiger partial charge in [0.15, 0.2) is 0 Å². The maximum absolute atomic E-state index is 10.1. The third kappa shape index (κ3) is 3.35. The maximum Gasteiger partial charge on any atom is 0.342 e. The molecule has 6 nitrogen and oxygen atoms in total. The number of rotatable bonds is 4. The fourth-order valence-corrected chi connectivity index (χ4v) is 0.455. The van der Waals surface area contributed by atoms with Gasteiger partial charge in [0.25, 0.3) is 0 Å². The highest BCUT2D eigenvalue weighted by atomic mass is 16.4. The fraction of sp³-hybridized carbons (Fsp3) is 0.167. The summed E-state index contributed by atoms with van der Waals surface area (Å²) in [5.74, 6) is -4.58. The number of carbonyl (C=O) groups is 3. The van der Waals surface area contributed by atoms with E-state index in [0.717, 1.165) is 0 Å². The zero-order valence-electron chi connectivity index (χ0n) is 5.85. The Kier molecular flexibility index (Phi) is 3.48. The van der Waals surface area contributed by atoms with Gasteiger partial charge in [-0.2, -0.15) is 0 Å². The lowest BCUT2D eigenvalue weighted by molar-refractivity contribution is -0.140.